The zero-order valence-electron chi connectivity index (χ0n) is 27.8. The van der Waals surface area contributed by atoms with E-state index in [0.29, 0.717) is 98.9 Å². The number of hydrogen-bond donors (Lipinski definition) is 2. The lowest BCUT2D eigenvalue weighted by Gasteiger charge is -2.27. The number of amides is 5. The van der Waals surface area contributed by atoms with Gasteiger partial charge >= 0.3 is 0 Å². The van der Waals surface area contributed by atoms with Crippen LogP contribution in [-0.4, -0.2) is 133 Å². The molecule has 268 valence electrons. The van der Waals surface area contributed by atoms with E-state index in [0.717, 1.165) is 17.7 Å². The fourth-order valence-electron chi connectivity index (χ4n) is 4.96. The summed E-state index contributed by atoms with van der Waals surface area (Å²) in [6.07, 6.45) is 2.49. The Morgan fingerprint density at radius 3 is 1.81 bits per heavy atom. The van der Waals surface area contributed by atoms with Crippen molar-refractivity contribution >= 4 is 35.2 Å². The molecule has 1 saturated heterocycles. The maximum absolute atomic E-state index is 13.2. The molecule has 0 radical (unpaired) electrons. The summed E-state index contributed by atoms with van der Waals surface area (Å²) >= 11 is 0. The molecule has 1 atom stereocenters. The van der Waals surface area contributed by atoms with Gasteiger partial charge in [-0.2, -0.15) is 0 Å². The second kappa shape index (κ2) is 23.1. The average molecular weight is 680 g/mol. The van der Waals surface area contributed by atoms with E-state index in [1.54, 1.807) is 12.1 Å². The topological polar surface area (TPSA) is 177 Å². The third kappa shape index (κ3) is 13.7. The Hall–Kier alpha value is -3.31. The Kier molecular flexibility index (Phi) is 18.8. The number of anilines is 1. The number of ether oxygens (including phenoxy) is 7. The quantitative estimate of drug-likeness (QED) is 0.102. The molecule has 2 aliphatic heterocycles. The van der Waals surface area contributed by atoms with Crippen molar-refractivity contribution in [2.24, 2.45) is 0 Å². The number of hydrogen-bond acceptors (Lipinski definition) is 12. The van der Waals surface area contributed by atoms with Crippen LogP contribution in [-0.2, 0) is 47.5 Å². The minimum absolute atomic E-state index is 0.0326. The van der Waals surface area contributed by atoms with Gasteiger partial charge in [0.05, 0.1) is 96.1 Å². The van der Waals surface area contributed by atoms with Crippen LogP contribution >= 0.6 is 0 Å². The molecule has 2 aliphatic rings. The van der Waals surface area contributed by atoms with Crippen molar-refractivity contribution < 1.29 is 57.1 Å². The molecule has 2 N–H and O–H groups in total. The van der Waals surface area contributed by atoms with E-state index >= 15 is 0 Å². The third-order valence-corrected chi connectivity index (χ3v) is 7.37. The van der Waals surface area contributed by atoms with Crippen LogP contribution in [0.4, 0.5) is 5.69 Å². The van der Waals surface area contributed by atoms with Gasteiger partial charge in [-0.3, -0.25) is 34.2 Å². The molecular weight excluding hydrogens is 630 g/mol. The predicted octanol–water partition coefficient (Wildman–Crippen LogP) is 1.72. The van der Waals surface area contributed by atoms with Crippen molar-refractivity contribution in [2.75, 3.05) is 97.8 Å². The van der Waals surface area contributed by atoms with Gasteiger partial charge in [0.1, 0.15) is 6.04 Å². The number of imide groups is 2. The van der Waals surface area contributed by atoms with Crippen LogP contribution in [0.2, 0.25) is 0 Å². The van der Waals surface area contributed by atoms with Crippen LogP contribution in [0.25, 0.3) is 0 Å². The van der Waals surface area contributed by atoms with E-state index in [-0.39, 0.29) is 42.0 Å². The molecule has 1 aromatic carbocycles. The summed E-state index contributed by atoms with van der Waals surface area (Å²) in [5, 5.41) is 4.90. The smallest absolute Gasteiger partial charge is 0.264 e. The van der Waals surface area contributed by atoms with Crippen molar-refractivity contribution in [1.29, 1.82) is 0 Å². The molecule has 0 saturated carbocycles. The van der Waals surface area contributed by atoms with Gasteiger partial charge in [0.2, 0.25) is 17.7 Å². The molecule has 5 amide bonds. The highest BCUT2D eigenvalue weighted by Crippen LogP contribution is 2.32. The van der Waals surface area contributed by atoms with Crippen molar-refractivity contribution in [3.63, 3.8) is 0 Å². The number of unbranched alkanes of at least 4 members (excludes halogenated alkanes) is 2. The highest BCUT2D eigenvalue weighted by atomic mass is 16.6. The second-order valence-electron chi connectivity index (χ2n) is 10.9. The lowest BCUT2D eigenvalue weighted by Crippen LogP contribution is -2.54. The molecule has 1 aromatic rings. The molecule has 0 aromatic heterocycles. The maximum atomic E-state index is 13.2. The van der Waals surface area contributed by atoms with Crippen molar-refractivity contribution in [2.45, 2.75) is 51.5 Å². The number of benzene rings is 1. The molecular formula is C33H49N3O12. The zero-order valence-corrected chi connectivity index (χ0v) is 27.8. The van der Waals surface area contributed by atoms with Gasteiger partial charge in [-0.05, 0) is 38.3 Å². The Morgan fingerprint density at radius 1 is 0.729 bits per heavy atom. The van der Waals surface area contributed by atoms with Crippen molar-refractivity contribution in [3.8, 4) is 0 Å². The summed E-state index contributed by atoms with van der Waals surface area (Å²) in [4.78, 5) is 63.4. The first-order chi connectivity index (χ1) is 23.4. The van der Waals surface area contributed by atoms with Crippen molar-refractivity contribution in [3.05, 3.63) is 29.3 Å². The maximum Gasteiger partial charge on any atom is 0.264 e. The van der Waals surface area contributed by atoms with Gasteiger partial charge in [-0.25, -0.2) is 0 Å². The number of rotatable bonds is 27. The van der Waals surface area contributed by atoms with E-state index in [9.17, 15) is 24.0 Å². The summed E-state index contributed by atoms with van der Waals surface area (Å²) in [6, 6.07) is 3.54. The minimum Gasteiger partial charge on any atom is -0.379 e. The molecule has 48 heavy (non-hydrogen) atoms. The summed E-state index contributed by atoms with van der Waals surface area (Å²) in [5.41, 5.74) is 0.395. The first-order valence-corrected chi connectivity index (χ1v) is 16.6. The van der Waals surface area contributed by atoms with Crippen molar-refractivity contribution in [1.82, 2.24) is 10.2 Å². The normalized spacial score (nSPS) is 16.0. The third-order valence-electron chi connectivity index (χ3n) is 7.37. The van der Waals surface area contributed by atoms with E-state index in [4.69, 9.17) is 33.2 Å². The highest BCUT2D eigenvalue weighted by Gasteiger charge is 2.45. The average Bonchev–Trinajstić information content (AvgIpc) is 3.32. The van der Waals surface area contributed by atoms with Crippen LogP contribution in [0.1, 0.15) is 66.2 Å². The molecule has 3 rings (SSSR count). The van der Waals surface area contributed by atoms with Gasteiger partial charge in [-0.15, -0.1) is 0 Å². The lowest BCUT2D eigenvalue weighted by atomic mass is 10.0. The summed E-state index contributed by atoms with van der Waals surface area (Å²) in [5.74, 6) is -2.70. The number of piperidine rings is 1. The monoisotopic (exact) mass is 679 g/mol. The lowest BCUT2D eigenvalue weighted by molar-refractivity contribution is -0.136. The first kappa shape index (κ1) is 39.1. The second-order valence-corrected chi connectivity index (χ2v) is 10.9. The van der Waals surface area contributed by atoms with Gasteiger partial charge in [0, 0.05) is 26.1 Å². The van der Waals surface area contributed by atoms with Crippen LogP contribution in [0, 0.1) is 0 Å². The van der Waals surface area contributed by atoms with Crippen LogP contribution in [0.3, 0.4) is 0 Å². The molecule has 15 heteroatoms. The SMILES string of the molecule is CCOCCOCCOCCOCCOCCOCCOCCCCCC(=O)Nc1cccc2c1C(=O)N(C1CCC(=O)NC1=O)C2=O. The van der Waals surface area contributed by atoms with E-state index in [2.05, 4.69) is 10.6 Å². The van der Waals surface area contributed by atoms with E-state index < -0.39 is 29.7 Å². The molecule has 15 nitrogen and oxygen atoms in total. The predicted molar refractivity (Wildman–Crippen MR) is 172 cm³/mol. The largest absolute Gasteiger partial charge is 0.379 e. The summed E-state index contributed by atoms with van der Waals surface area (Å²) < 4.78 is 37.9. The standard InChI is InChI=1S/C33H49N3O12/c1-2-42-13-14-44-17-18-46-21-22-48-24-23-47-20-19-45-16-15-43-12-5-3-4-9-28(37)34-26-8-6-7-25-30(26)33(41)36(32(25)40)27-10-11-29(38)35-31(27)39/h6-8,27H,2-5,9-24H2,1H3,(H,34,37)(H,35,38,39). The number of nitrogens with zero attached hydrogens (tertiary/aromatic N) is 1. The highest BCUT2D eigenvalue weighted by molar-refractivity contribution is 6.26. The number of nitrogens with one attached hydrogen (secondary N) is 2. The Labute approximate surface area is 281 Å². The fourth-order valence-corrected chi connectivity index (χ4v) is 4.96. The summed E-state index contributed by atoms with van der Waals surface area (Å²) in [7, 11) is 0. The van der Waals surface area contributed by atoms with Gasteiger partial charge in [0.25, 0.3) is 11.8 Å². The number of fused-ring (bicyclic) bond motifs is 1. The van der Waals surface area contributed by atoms with Gasteiger partial charge in [0.15, 0.2) is 0 Å². The molecule has 0 bridgehead atoms. The molecule has 1 fully saturated rings. The fraction of sp³-hybridized carbons (Fsp3) is 0.667. The van der Waals surface area contributed by atoms with E-state index in [1.807, 2.05) is 6.92 Å². The molecule has 1 unspecified atom stereocenters. The Morgan fingerprint density at radius 2 is 1.27 bits per heavy atom. The first-order valence-electron chi connectivity index (χ1n) is 16.6. The van der Waals surface area contributed by atoms with Crippen LogP contribution in [0.15, 0.2) is 18.2 Å². The van der Waals surface area contributed by atoms with Gasteiger partial charge in [-0.1, -0.05) is 12.5 Å². The Balaban J connectivity index is 1.13. The van der Waals surface area contributed by atoms with Crippen LogP contribution in [0.5, 0.6) is 0 Å². The molecule has 0 spiro atoms. The number of carbonyl (C=O) groups excluding carboxylic acids is 5. The minimum atomic E-state index is -1.07. The molecule has 2 heterocycles. The Bertz CT molecular complexity index is 1180. The molecule has 0 aliphatic carbocycles. The summed E-state index contributed by atoms with van der Waals surface area (Å²) in [6.45, 7) is 9.23. The van der Waals surface area contributed by atoms with Gasteiger partial charge < -0.3 is 38.5 Å². The van der Waals surface area contributed by atoms with Crippen LogP contribution < -0.4 is 10.6 Å². The number of carbonyl (C=O) groups is 5. The van der Waals surface area contributed by atoms with E-state index in [1.165, 1.54) is 6.07 Å². The zero-order chi connectivity index (χ0) is 34.4.